The quantitative estimate of drug-likeness (QED) is 0.533. The second-order valence-electron chi connectivity index (χ2n) is 6.36. The largest absolute Gasteiger partial charge is 0.497 e. The number of carbonyl (C=O) groups excluding carboxylic acids is 1. The third-order valence-electron chi connectivity index (χ3n) is 4.06. The standard InChI is InChI=1S/C20H24N6O3/c1-14-12-15(2)26(25-14)19-9-8-18(23-24-19)21-10-11-22-20(27)13-29-17-6-4-16(28-3)5-7-17/h4-9,12H,10-11,13H2,1-3H3,(H,21,23)(H,22,27). The number of ether oxygens (including phenoxy) is 2. The van der Waals surface area contributed by atoms with Gasteiger partial charge in [0.05, 0.1) is 12.8 Å². The number of anilines is 1. The smallest absolute Gasteiger partial charge is 0.258 e. The van der Waals surface area contributed by atoms with E-state index < -0.39 is 0 Å². The van der Waals surface area contributed by atoms with Crippen molar-refractivity contribution in [1.29, 1.82) is 0 Å². The van der Waals surface area contributed by atoms with Gasteiger partial charge in [-0.3, -0.25) is 4.79 Å². The van der Waals surface area contributed by atoms with Crippen molar-refractivity contribution in [2.24, 2.45) is 0 Å². The third-order valence-corrected chi connectivity index (χ3v) is 4.06. The Morgan fingerprint density at radius 3 is 2.41 bits per heavy atom. The van der Waals surface area contributed by atoms with Crippen LogP contribution in [-0.4, -0.2) is 52.7 Å². The highest BCUT2D eigenvalue weighted by molar-refractivity contribution is 5.77. The minimum absolute atomic E-state index is 0.0521. The fourth-order valence-corrected chi connectivity index (χ4v) is 2.66. The molecule has 9 heteroatoms. The molecule has 0 saturated heterocycles. The van der Waals surface area contributed by atoms with E-state index in [2.05, 4.69) is 25.9 Å². The van der Waals surface area contributed by atoms with E-state index in [0.29, 0.717) is 30.5 Å². The molecule has 0 fully saturated rings. The van der Waals surface area contributed by atoms with Gasteiger partial charge in [0.1, 0.15) is 17.3 Å². The maximum Gasteiger partial charge on any atom is 0.258 e. The van der Waals surface area contributed by atoms with Gasteiger partial charge >= 0.3 is 0 Å². The summed E-state index contributed by atoms with van der Waals surface area (Å²) in [7, 11) is 1.60. The molecule has 29 heavy (non-hydrogen) atoms. The van der Waals surface area contributed by atoms with Crippen molar-refractivity contribution in [3.05, 3.63) is 53.9 Å². The number of hydrogen-bond acceptors (Lipinski definition) is 7. The molecule has 0 spiro atoms. The molecule has 0 aliphatic carbocycles. The lowest BCUT2D eigenvalue weighted by molar-refractivity contribution is -0.123. The fourth-order valence-electron chi connectivity index (χ4n) is 2.66. The summed E-state index contributed by atoms with van der Waals surface area (Å²) in [6.45, 7) is 4.80. The maximum absolute atomic E-state index is 11.9. The Morgan fingerprint density at radius 1 is 1.03 bits per heavy atom. The molecule has 3 rings (SSSR count). The van der Waals surface area contributed by atoms with Crippen molar-refractivity contribution in [2.45, 2.75) is 13.8 Å². The molecule has 0 saturated carbocycles. The number of hydrogen-bond donors (Lipinski definition) is 2. The molecule has 0 bridgehead atoms. The van der Waals surface area contributed by atoms with E-state index in [1.807, 2.05) is 32.0 Å². The average molecular weight is 396 g/mol. The topological polar surface area (TPSA) is 103 Å². The monoisotopic (exact) mass is 396 g/mol. The zero-order chi connectivity index (χ0) is 20.6. The number of nitrogens with one attached hydrogen (secondary N) is 2. The first kappa shape index (κ1) is 20.1. The molecule has 0 atom stereocenters. The molecule has 0 aliphatic rings. The minimum Gasteiger partial charge on any atom is -0.497 e. The summed E-state index contributed by atoms with van der Waals surface area (Å²) >= 11 is 0. The summed E-state index contributed by atoms with van der Waals surface area (Å²) in [6.07, 6.45) is 0. The molecule has 0 radical (unpaired) electrons. The summed E-state index contributed by atoms with van der Waals surface area (Å²) in [5, 5.41) is 18.6. The van der Waals surface area contributed by atoms with E-state index in [0.717, 1.165) is 17.1 Å². The van der Waals surface area contributed by atoms with Crippen LogP contribution in [0.25, 0.3) is 5.82 Å². The van der Waals surface area contributed by atoms with Gasteiger partial charge in [-0.1, -0.05) is 0 Å². The Bertz CT molecular complexity index is 938. The van der Waals surface area contributed by atoms with Crippen molar-refractivity contribution in [1.82, 2.24) is 25.3 Å². The van der Waals surface area contributed by atoms with E-state index in [9.17, 15) is 4.79 Å². The van der Waals surface area contributed by atoms with E-state index in [-0.39, 0.29) is 12.5 Å². The number of aromatic nitrogens is 4. The van der Waals surface area contributed by atoms with Crippen LogP contribution >= 0.6 is 0 Å². The van der Waals surface area contributed by atoms with Crippen LogP contribution in [0.15, 0.2) is 42.5 Å². The van der Waals surface area contributed by atoms with Crippen molar-refractivity contribution in [3.63, 3.8) is 0 Å². The van der Waals surface area contributed by atoms with Crippen LogP contribution in [0.4, 0.5) is 5.82 Å². The first-order valence-corrected chi connectivity index (χ1v) is 9.20. The summed E-state index contributed by atoms with van der Waals surface area (Å²) in [4.78, 5) is 11.9. The fraction of sp³-hybridized carbons (Fsp3) is 0.300. The van der Waals surface area contributed by atoms with Crippen LogP contribution in [0.5, 0.6) is 11.5 Å². The van der Waals surface area contributed by atoms with Crippen molar-refractivity contribution in [2.75, 3.05) is 32.1 Å². The number of carbonyl (C=O) groups is 1. The Hall–Kier alpha value is -3.62. The van der Waals surface area contributed by atoms with Crippen LogP contribution in [-0.2, 0) is 4.79 Å². The van der Waals surface area contributed by atoms with E-state index in [1.54, 1.807) is 36.1 Å². The van der Waals surface area contributed by atoms with Crippen molar-refractivity contribution in [3.8, 4) is 17.3 Å². The van der Waals surface area contributed by atoms with Gasteiger partial charge in [0.15, 0.2) is 12.4 Å². The predicted octanol–water partition coefficient (Wildman–Crippen LogP) is 1.89. The highest BCUT2D eigenvalue weighted by Crippen LogP contribution is 2.16. The summed E-state index contributed by atoms with van der Waals surface area (Å²) in [6, 6.07) is 12.7. The first-order chi connectivity index (χ1) is 14.0. The molecule has 9 nitrogen and oxygen atoms in total. The van der Waals surface area contributed by atoms with Gasteiger partial charge in [-0.15, -0.1) is 10.2 Å². The van der Waals surface area contributed by atoms with Gasteiger partial charge in [0.2, 0.25) is 0 Å². The summed E-state index contributed by atoms with van der Waals surface area (Å²) in [5.41, 5.74) is 1.93. The second-order valence-corrected chi connectivity index (χ2v) is 6.36. The van der Waals surface area contributed by atoms with Gasteiger partial charge in [0.25, 0.3) is 5.91 Å². The first-order valence-electron chi connectivity index (χ1n) is 9.20. The minimum atomic E-state index is -0.200. The Kier molecular flexibility index (Phi) is 6.62. The molecular formula is C20H24N6O3. The number of benzene rings is 1. The number of methoxy groups -OCH3 is 1. The van der Waals surface area contributed by atoms with E-state index in [1.165, 1.54) is 0 Å². The second kappa shape index (κ2) is 9.54. The summed E-state index contributed by atoms with van der Waals surface area (Å²) in [5.74, 6) is 2.42. The van der Waals surface area contributed by atoms with Crippen molar-refractivity contribution < 1.29 is 14.3 Å². The highest BCUT2D eigenvalue weighted by atomic mass is 16.5. The van der Waals surface area contributed by atoms with Gasteiger partial charge < -0.3 is 20.1 Å². The Balaban J connectivity index is 1.37. The maximum atomic E-state index is 11.9. The molecular weight excluding hydrogens is 372 g/mol. The van der Waals surface area contributed by atoms with Crippen molar-refractivity contribution >= 4 is 11.7 Å². The van der Waals surface area contributed by atoms with Crippen LogP contribution < -0.4 is 20.1 Å². The molecule has 2 N–H and O–H groups in total. The molecule has 0 unspecified atom stereocenters. The third kappa shape index (κ3) is 5.68. The molecule has 2 aromatic heterocycles. The molecule has 2 heterocycles. The molecule has 1 aromatic carbocycles. The van der Waals surface area contributed by atoms with Gasteiger partial charge in [0, 0.05) is 18.8 Å². The van der Waals surface area contributed by atoms with Crippen LogP contribution in [0.2, 0.25) is 0 Å². The van der Waals surface area contributed by atoms with Gasteiger partial charge in [-0.2, -0.15) is 5.10 Å². The Morgan fingerprint density at radius 2 is 1.79 bits per heavy atom. The normalized spacial score (nSPS) is 10.4. The van der Waals surface area contributed by atoms with Crippen LogP contribution in [0.3, 0.4) is 0 Å². The lowest BCUT2D eigenvalue weighted by Gasteiger charge is -2.09. The van der Waals surface area contributed by atoms with Crippen LogP contribution in [0.1, 0.15) is 11.4 Å². The van der Waals surface area contributed by atoms with Crippen LogP contribution in [0, 0.1) is 13.8 Å². The summed E-state index contributed by atoms with van der Waals surface area (Å²) < 4.78 is 12.3. The Labute approximate surface area is 169 Å². The van der Waals surface area contributed by atoms with E-state index >= 15 is 0 Å². The number of rotatable bonds is 9. The molecule has 152 valence electrons. The lowest BCUT2D eigenvalue weighted by atomic mass is 10.3. The van der Waals surface area contributed by atoms with Gasteiger partial charge in [-0.05, 0) is 56.3 Å². The van der Waals surface area contributed by atoms with Gasteiger partial charge in [-0.25, -0.2) is 4.68 Å². The number of aryl methyl sites for hydroxylation is 2. The zero-order valence-electron chi connectivity index (χ0n) is 16.7. The number of nitrogens with zero attached hydrogens (tertiary/aromatic N) is 4. The average Bonchev–Trinajstić information content (AvgIpc) is 3.08. The molecule has 0 aliphatic heterocycles. The predicted molar refractivity (Wildman–Crippen MR) is 109 cm³/mol. The molecule has 3 aromatic rings. The zero-order valence-corrected chi connectivity index (χ0v) is 16.7. The highest BCUT2D eigenvalue weighted by Gasteiger charge is 2.06. The number of amides is 1. The molecule has 1 amide bonds. The lowest BCUT2D eigenvalue weighted by Crippen LogP contribution is -2.32. The van der Waals surface area contributed by atoms with E-state index in [4.69, 9.17) is 9.47 Å². The SMILES string of the molecule is COc1ccc(OCC(=O)NCCNc2ccc(-n3nc(C)cc3C)nn2)cc1.